The summed E-state index contributed by atoms with van der Waals surface area (Å²) in [7, 11) is 0. The molecule has 78 valence electrons. The molecular formula is C11H18N2O. The van der Waals surface area contributed by atoms with Crippen LogP contribution in [0.5, 0.6) is 0 Å². The van der Waals surface area contributed by atoms with Crippen LogP contribution in [0.2, 0.25) is 0 Å². The van der Waals surface area contributed by atoms with Crippen molar-refractivity contribution < 1.29 is 4.79 Å². The summed E-state index contributed by atoms with van der Waals surface area (Å²) in [5.74, 6) is 0.139. The smallest absolute Gasteiger partial charge is 0.219 e. The van der Waals surface area contributed by atoms with Crippen molar-refractivity contribution >= 4 is 5.91 Å². The van der Waals surface area contributed by atoms with Gasteiger partial charge in [-0.2, -0.15) is 5.26 Å². The van der Waals surface area contributed by atoms with E-state index in [0.717, 1.165) is 32.4 Å². The fourth-order valence-corrected chi connectivity index (χ4v) is 2.20. The van der Waals surface area contributed by atoms with Crippen LogP contribution in [0.25, 0.3) is 0 Å². The maximum absolute atomic E-state index is 11.2. The van der Waals surface area contributed by atoms with Crippen molar-refractivity contribution in [2.75, 3.05) is 13.1 Å². The average Bonchev–Trinajstić information content (AvgIpc) is 2.18. The molecule has 0 aromatic carbocycles. The summed E-state index contributed by atoms with van der Waals surface area (Å²) in [5, 5.41) is 8.79. The Morgan fingerprint density at radius 3 is 2.86 bits per heavy atom. The Balaban J connectivity index is 2.69. The molecule has 1 rings (SSSR count). The van der Waals surface area contributed by atoms with Gasteiger partial charge in [0.25, 0.3) is 0 Å². The number of carbonyl (C=O) groups is 1. The zero-order valence-electron chi connectivity index (χ0n) is 9.05. The monoisotopic (exact) mass is 194 g/mol. The Labute approximate surface area is 85.7 Å². The first-order chi connectivity index (χ1) is 6.63. The Morgan fingerprint density at radius 1 is 1.64 bits per heavy atom. The van der Waals surface area contributed by atoms with Crippen molar-refractivity contribution in [2.24, 2.45) is 5.41 Å². The first kappa shape index (κ1) is 11.0. The molecule has 0 saturated carbocycles. The first-order valence-corrected chi connectivity index (χ1v) is 5.26. The molecule has 3 heteroatoms. The van der Waals surface area contributed by atoms with Crippen molar-refractivity contribution in [3.8, 4) is 6.07 Å². The molecule has 1 aliphatic heterocycles. The molecule has 14 heavy (non-hydrogen) atoms. The van der Waals surface area contributed by atoms with Gasteiger partial charge in [-0.15, -0.1) is 0 Å². The lowest BCUT2D eigenvalue weighted by Crippen LogP contribution is -2.44. The van der Waals surface area contributed by atoms with Gasteiger partial charge in [0, 0.05) is 31.8 Å². The number of hydrogen-bond donors (Lipinski definition) is 0. The lowest BCUT2D eigenvalue weighted by atomic mass is 9.75. The molecule has 1 atom stereocenters. The van der Waals surface area contributed by atoms with E-state index in [-0.39, 0.29) is 11.3 Å². The molecule has 0 aromatic rings. The molecule has 1 saturated heterocycles. The van der Waals surface area contributed by atoms with Crippen LogP contribution in [0, 0.1) is 16.7 Å². The topological polar surface area (TPSA) is 44.1 Å². The summed E-state index contributed by atoms with van der Waals surface area (Å²) in [6.07, 6.45) is 3.69. The van der Waals surface area contributed by atoms with Crippen LogP contribution in [0.3, 0.4) is 0 Å². The van der Waals surface area contributed by atoms with E-state index < -0.39 is 0 Å². The molecule has 0 aromatic heterocycles. The van der Waals surface area contributed by atoms with Crippen LogP contribution < -0.4 is 0 Å². The summed E-state index contributed by atoms with van der Waals surface area (Å²) in [6.45, 7) is 5.36. The van der Waals surface area contributed by atoms with E-state index in [9.17, 15) is 4.79 Å². The second-order valence-electron chi connectivity index (χ2n) is 4.23. The minimum atomic E-state index is 0.0681. The van der Waals surface area contributed by atoms with E-state index in [4.69, 9.17) is 5.26 Å². The van der Waals surface area contributed by atoms with Crippen LogP contribution in [0.4, 0.5) is 0 Å². The molecule has 0 bridgehead atoms. The minimum absolute atomic E-state index is 0.0681. The van der Waals surface area contributed by atoms with Gasteiger partial charge in [-0.3, -0.25) is 4.79 Å². The van der Waals surface area contributed by atoms with E-state index in [1.54, 1.807) is 6.92 Å². The fourth-order valence-electron chi connectivity index (χ4n) is 2.20. The molecule has 0 aliphatic carbocycles. The van der Waals surface area contributed by atoms with Crippen molar-refractivity contribution in [2.45, 2.75) is 39.5 Å². The summed E-state index contributed by atoms with van der Waals surface area (Å²) in [6, 6.07) is 2.25. The fraction of sp³-hybridized carbons (Fsp3) is 0.818. The second kappa shape index (κ2) is 4.45. The highest BCUT2D eigenvalue weighted by Gasteiger charge is 2.34. The Kier molecular flexibility index (Phi) is 3.51. The summed E-state index contributed by atoms with van der Waals surface area (Å²) >= 11 is 0. The number of nitriles is 1. The van der Waals surface area contributed by atoms with Crippen LogP contribution in [0.15, 0.2) is 0 Å². The van der Waals surface area contributed by atoms with Crippen molar-refractivity contribution in [3.05, 3.63) is 0 Å². The van der Waals surface area contributed by atoms with E-state index in [1.807, 2.05) is 4.90 Å². The normalized spacial score (nSPS) is 27.1. The number of nitrogens with zero attached hydrogens (tertiary/aromatic N) is 2. The van der Waals surface area contributed by atoms with Gasteiger partial charge in [-0.1, -0.05) is 6.92 Å². The van der Waals surface area contributed by atoms with Crippen LogP contribution in [-0.2, 0) is 4.79 Å². The predicted molar refractivity (Wildman–Crippen MR) is 54.4 cm³/mol. The number of carbonyl (C=O) groups excluding carboxylic acids is 1. The molecule has 1 aliphatic rings. The highest BCUT2D eigenvalue weighted by Crippen LogP contribution is 2.36. The summed E-state index contributed by atoms with van der Waals surface area (Å²) < 4.78 is 0. The maximum Gasteiger partial charge on any atom is 0.219 e. The molecule has 1 fully saturated rings. The van der Waals surface area contributed by atoms with Gasteiger partial charge in [0.2, 0.25) is 5.91 Å². The number of piperidine rings is 1. The molecule has 1 amide bonds. The molecule has 0 N–H and O–H groups in total. The van der Waals surface area contributed by atoms with E-state index in [0.29, 0.717) is 6.42 Å². The number of amides is 1. The summed E-state index contributed by atoms with van der Waals surface area (Å²) in [5.41, 5.74) is 0.0681. The zero-order valence-corrected chi connectivity index (χ0v) is 9.05. The van der Waals surface area contributed by atoms with Gasteiger partial charge in [-0.25, -0.2) is 0 Å². The van der Waals surface area contributed by atoms with Crippen molar-refractivity contribution in [3.63, 3.8) is 0 Å². The van der Waals surface area contributed by atoms with Crippen LogP contribution in [0.1, 0.15) is 39.5 Å². The quantitative estimate of drug-likeness (QED) is 0.674. The third-order valence-corrected chi connectivity index (χ3v) is 3.31. The summed E-state index contributed by atoms with van der Waals surface area (Å²) in [4.78, 5) is 13.1. The van der Waals surface area contributed by atoms with Gasteiger partial charge >= 0.3 is 0 Å². The Morgan fingerprint density at radius 2 is 2.36 bits per heavy atom. The first-order valence-electron chi connectivity index (χ1n) is 5.26. The van der Waals surface area contributed by atoms with E-state index >= 15 is 0 Å². The van der Waals surface area contributed by atoms with Gasteiger partial charge in [0.1, 0.15) is 0 Å². The van der Waals surface area contributed by atoms with Crippen LogP contribution >= 0.6 is 0 Å². The molecule has 1 heterocycles. The highest BCUT2D eigenvalue weighted by atomic mass is 16.2. The zero-order chi connectivity index (χ0) is 10.6. The number of hydrogen-bond acceptors (Lipinski definition) is 2. The average molecular weight is 194 g/mol. The van der Waals surface area contributed by atoms with Gasteiger partial charge < -0.3 is 4.90 Å². The van der Waals surface area contributed by atoms with Gasteiger partial charge in [0.15, 0.2) is 0 Å². The standard InChI is InChI=1S/C11H18N2O/c1-3-11(6-7-12)5-4-8-13(9-11)10(2)14/h3-6,8-9H2,1-2H3. The Bertz CT molecular complexity index is 257. The van der Waals surface area contributed by atoms with Gasteiger partial charge in [-0.05, 0) is 19.3 Å². The molecule has 0 radical (unpaired) electrons. The lowest BCUT2D eigenvalue weighted by molar-refractivity contribution is -0.132. The largest absolute Gasteiger partial charge is 0.342 e. The van der Waals surface area contributed by atoms with Crippen molar-refractivity contribution in [1.29, 1.82) is 5.26 Å². The van der Waals surface area contributed by atoms with Crippen LogP contribution in [-0.4, -0.2) is 23.9 Å². The maximum atomic E-state index is 11.2. The molecular weight excluding hydrogens is 176 g/mol. The third-order valence-electron chi connectivity index (χ3n) is 3.31. The highest BCUT2D eigenvalue weighted by molar-refractivity contribution is 5.73. The SMILES string of the molecule is CCC1(CC#N)CCCN(C(C)=O)C1. The Hall–Kier alpha value is -1.04. The van der Waals surface area contributed by atoms with E-state index in [2.05, 4.69) is 13.0 Å². The minimum Gasteiger partial charge on any atom is -0.342 e. The third kappa shape index (κ3) is 2.25. The molecule has 1 unspecified atom stereocenters. The second-order valence-corrected chi connectivity index (χ2v) is 4.23. The number of likely N-dealkylation sites (tertiary alicyclic amines) is 1. The van der Waals surface area contributed by atoms with Crippen molar-refractivity contribution in [1.82, 2.24) is 4.90 Å². The molecule has 3 nitrogen and oxygen atoms in total. The molecule has 0 spiro atoms. The number of rotatable bonds is 2. The predicted octanol–water partition coefficient (Wildman–Crippen LogP) is 1.94. The van der Waals surface area contributed by atoms with E-state index in [1.165, 1.54) is 0 Å². The lowest BCUT2D eigenvalue weighted by Gasteiger charge is -2.40. The van der Waals surface area contributed by atoms with Gasteiger partial charge in [0.05, 0.1) is 6.07 Å².